The number of nitrogen functional groups attached to an aromatic ring is 1. The summed E-state index contributed by atoms with van der Waals surface area (Å²) in [6.45, 7) is 0.653. The van der Waals surface area contributed by atoms with E-state index in [1.54, 1.807) is 22.5 Å². The molecule has 3 N–H and O–H groups in total. The molecule has 6 nitrogen and oxygen atoms in total. The quantitative estimate of drug-likeness (QED) is 0.773. The lowest BCUT2D eigenvalue weighted by molar-refractivity contribution is 0.102. The first-order valence-corrected chi connectivity index (χ1v) is 7.17. The van der Waals surface area contributed by atoms with Crippen LogP contribution in [0.5, 0.6) is 0 Å². The Morgan fingerprint density at radius 3 is 2.86 bits per heavy atom. The average molecular weight is 299 g/mol. The molecule has 0 spiro atoms. The van der Waals surface area contributed by atoms with Crippen LogP contribution in [0.4, 0.5) is 10.8 Å². The fourth-order valence-electron chi connectivity index (χ4n) is 1.87. The second-order valence-electron chi connectivity index (χ2n) is 4.44. The predicted octanol–water partition coefficient (Wildman–Crippen LogP) is 2.22. The summed E-state index contributed by atoms with van der Waals surface area (Å²) in [5.74, 6) is -0.290. The topological polar surface area (TPSA) is 85.8 Å². The van der Waals surface area contributed by atoms with Crippen molar-refractivity contribution >= 4 is 28.1 Å². The Bertz CT molecular complexity index is 750. The summed E-state index contributed by atoms with van der Waals surface area (Å²) in [6.07, 6.45) is 3.39. The number of rotatable bonds is 4. The van der Waals surface area contributed by atoms with Gasteiger partial charge in [0.1, 0.15) is 5.69 Å². The van der Waals surface area contributed by atoms with Crippen molar-refractivity contribution in [2.24, 2.45) is 0 Å². The molecule has 0 saturated heterocycles. The van der Waals surface area contributed by atoms with E-state index >= 15 is 0 Å². The number of nitrogens with two attached hydrogens (primary N) is 1. The zero-order valence-electron chi connectivity index (χ0n) is 11.1. The highest BCUT2D eigenvalue weighted by molar-refractivity contribution is 7.13. The molecule has 0 aliphatic heterocycles. The number of carbonyl (C=O) groups excluding carboxylic acids is 1. The maximum absolute atomic E-state index is 11.9. The second-order valence-corrected chi connectivity index (χ2v) is 5.33. The van der Waals surface area contributed by atoms with Crippen molar-refractivity contribution in [1.82, 2.24) is 14.8 Å². The minimum atomic E-state index is -0.290. The molecule has 0 unspecified atom stereocenters. The lowest BCUT2D eigenvalue weighted by Gasteiger charge is -2.01. The van der Waals surface area contributed by atoms with Gasteiger partial charge in [0.25, 0.3) is 5.91 Å². The van der Waals surface area contributed by atoms with Gasteiger partial charge in [0.15, 0.2) is 5.13 Å². The molecule has 0 fully saturated rings. The number of nitrogens with one attached hydrogen (secondary N) is 1. The zero-order valence-corrected chi connectivity index (χ0v) is 11.9. The van der Waals surface area contributed by atoms with Crippen LogP contribution in [0, 0.1) is 0 Å². The normalized spacial score (nSPS) is 10.5. The summed E-state index contributed by atoms with van der Waals surface area (Å²) in [6, 6.07) is 9.98. The predicted molar refractivity (Wildman–Crippen MR) is 82.3 cm³/mol. The smallest absolute Gasteiger partial charge is 0.275 e. The standard InChI is InChI=1S/C14H13N5OS/c15-14-18-12(9-21-14)13(20)17-11-6-16-19(8-11)7-10-4-2-1-3-5-10/h1-6,8-9H,7H2,(H2,15,18)(H,17,20). The van der Waals surface area contributed by atoms with Crippen molar-refractivity contribution in [3.63, 3.8) is 0 Å². The van der Waals surface area contributed by atoms with Crippen LogP contribution in [0.1, 0.15) is 16.1 Å². The van der Waals surface area contributed by atoms with Crippen molar-refractivity contribution in [3.8, 4) is 0 Å². The third-order valence-corrected chi connectivity index (χ3v) is 3.51. The number of thiazole rings is 1. The van der Waals surface area contributed by atoms with Crippen molar-refractivity contribution in [2.75, 3.05) is 11.1 Å². The number of carbonyl (C=O) groups is 1. The number of aromatic nitrogens is 3. The SMILES string of the molecule is Nc1nc(C(=O)Nc2cnn(Cc3ccccc3)c2)cs1. The molecule has 0 atom stereocenters. The Morgan fingerprint density at radius 1 is 1.33 bits per heavy atom. The van der Waals surface area contributed by atoms with E-state index in [1.165, 1.54) is 11.3 Å². The van der Waals surface area contributed by atoms with Crippen LogP contribution in [0.3, 0.4) is 0 Å². The van der Waals surface area contributed by atoms with Gasteiger partial charge in [-0.2, -0.15) is 5.10 Å². The number of anilines is 2. The van der Waals surface area contributed by atoms with Gasteiger partial charge in [-0.05, 0) is 5.56 Å². The fraction of sp³-hybridized carbons (Fsp3) is 0.0714. The molecule has 0 saturated carbocycles. The largest absolute Gasteiger partial charge is 0.375 e. The second kappa shape index (κ2) is 5.76. The third kappa shape index (κ3) is 3.26. The van der Waals surface area contributed by atoms with Gasteiger partial charge in [0, 0.05) is 11.6 Å². The summed E-state index contributed by atoms with van der Waals surface area (Å²) in [4.78, 5) is 15.9. The van der Waals surface area contributed by atoms with Gasteiger partial charge in [-0.1, -0.05) is 30.3 Å². The van der Waals surface area contributed by atoms with Gasteiger partial charge in [-0.3, -0.25) is 9.48 Å². The molecule has 0 aliphatic carbocycles. The molecule has 21 heavy (non-hydrogen) atoms. The van der Waals surface area contributed by atoms with Crippen LogP contribution in [0.2, 0.25) is 0 Å². The average Bonchev–Trinajstić information content (AvgIpc) is 3.09. The Labute approximate surface area is 125 Å². The summed E-state index contributed by atoms with van der Waals surface area (Å²) >= 11 is 1.24. The summed E-state index contributed by atoms with van der Waals surface area (Å²) in [5.41, 5.74) is 7.60. The molecular weight excluding hydrogens is 286 g/mol. The first-order valence-electron chi connectivity index (χ1n) is 6.29. The number of amides is 1. The number of hydrogen-bond acceptors (Lipinski definition) is 5. The molecule has 106 valence electrons. The molecule has 0 aliphatic rings. The highest BCUT2D eigenvalue weighted by Crippen LogP contribution is 2.14. The number of hydrogen-bond donors (Lipinski definition) is 2. The Kier molecular flexibility index (Phi) is 3.65. The first kappa shape index (κ1) is 13.3. The lowest BCUT2D eigenvalue weighted by Crippen LogP contribution is -2.12. The van der Waals surface area contributed by atoms with Crippen LogP contribution in [-0.4, -0.2) is 20.7 Å². The highest BCUT2D eigenvalue weighted by atomic mass is 32.1. The molecule has 2 heterocycles. The van der Waals surface area contributed by atoms with Crippen molar-refractivity contribution in [2.45, 2.75) is 6.54 Å². The first-order chi connectivity index (χ1) is 10.2. The Balaban J connectivity index is 1.66. The van der Waals surface area contributed by atoms with Gasteiger partial charge in [-0.25, -0.2) is 4.98 Å². The summed E-state index contributed by atoms with van der Waals surface area (Å²) < 4.78 is 1.76. The molecule has 3 rings (SSSR count). The van der Waals surface area contributed by atoms with Gasteiger partial charge < -0.3 is 11.1 Å². The van der Waals surface area contributed by atoms with Crippen LogP contribution in [0.15, 0.2) is 48.1 Å². The Morgan fingerprint density at radius 2 is 2.14 bits per heavy atom. The molecule has 2 aromatic heterocycles. The minimum Gasteiger partial charge on any atom is -0.375 e. The summed E-state index contributed by atoms with van der Waals surface area (Å²) in [7, 11) is 0. The van der Waals surface area contributed by atoms with Crippen LogP contribution >= 0.6 is 11.3 Å². The fourth-order valence-corrected chi connectivity index (χ4v) is 2.42. The van der Waals surface area contributed by atoms with E-state index < -0.39 is 0 Å². The molecule has 3 aromatic rings. The molecule has 0 radical (unpaired) electrons. The molecule has 0 bridgehead atoms. The third-order valence-electron chi connectivity index (χ3n) is 2.83. The van der Waals surface area contributed by atoms with Gasteiger partial charge in [-0.15, -0.1) is 11.3 Å². The highest BCUT2D eigenvalue weighted by Gasteiger charge is 2.11. The van der Waals surface area contributed by atoms with E-state index in [0.29, 0.717) is 23.1 Å². The zero-order chi connectivity index (χ0) is 14.7. The van der Waals surface area contributed by atoms with E-state index in [-0.39, 0.29) is 5.91 Å². The van der Waals surface area contributed by atoms with E-state index in [4.69, 9.17) is 5.73 Å². The van der Waals surface area contributed by atoms with Gasteiger partial charge in [0.05, 0.1) is 18.4 Å². The summed E-state index contributed by atoms with van der Waals surface area (Å²) in [5, 5.41) is 8.97. The maximum Gasteiger partial charge on any atom is 0.275 e. The molecule has 7 heteroatoms. The minimum absolute atomic E-state index is 0.290. The van der Waals surface area contributed by atoms with Crippen LogP contribution in [-0.2, 0) is 6.54 Å². The number of nitrogens with zero attached hydrogens (tertiary/aromatic N) is 3. The van der Waals surface area contributed by atoms with Gasteiger partial charge in [0.2, 0.25) is 0 Å². The lowest BCUT2D eigenvalue weighted by atomic mass is 10.2. The van der Waals surface area contributed by atoms with E-state index in [9.17, 15) is 4.79 Å². The molecular formula is C14H13N5OS. The van der Waals surface area contributed by atoms with Crippen molar-refractivity contribution < 1.29 is 4.79 Å². The maximum atomic E-state index is 11.9. The van der Waals surface area contributed by atoms with Crippen molar-refractivity contribution in [1.29, 1.82) is 0 Å². The van der Waals surface area contributed by atoms with E-state index in [0.717, 1.165) is 5.56 Å². The number of benzene rings is 1. The van der Waals surface area contributed by atoms with Crippen molar-refractivity contribution in [3.05, 3.63) is 59.4 Å². The van der Waals surface area contributed by atoms with Crippen LogP contribution in [0.25, 0.3) is 0 Å². The Hall–Kier alpha value is -2.67. The van der Waals surface area contributed by atoms with E-state index in [1.807, 2.05) is 30.3 Å². The van der Waals surface area contributed by atoms with E-state index in [2.05, 4.69) is 15.4 Å². The molecule has 1 aromatic carbocycles. The van der Waals surface area contributed by atoms with Crippen LogP contribution < -0.4 is 11.1 Å². The monoisotopic (exact) mass is 299 g/mol. The van der Waals surface area contributed by atoms with Gasteiger partial charge >= 0.3 is 0 Å². The molecule has 1 amide bonds.